The summed E-state index contributed by atoms with van der Waals surface area (Å²) in [5.74, 6) is 2.65. The number of carbonyl (C=O) groups excluding carboxylic acids is 2. The van der Waals surface area contributed by atoms with Gasteiger partial charge in [-0.2, -0.15) is 0 Å². The molecule has 0 bridgehead atoms. The van der Waals surface area contributed by atoms with Gasteiger partial charge in [-0.25, -0.2) is 37.6 Å². The van der Waals surface area contributed by atoms with Crippen molar-refractivity contribution < 1.29 is 55.8 Å². The molecule has 41 heavy (non-hydrogen) atoms. The van der Waals surface area contributed by atoms with Crippen molar-refractivity contribution in [3.05, 3.63) is 18.6 Å². The molecule has 0 fully saturated rings. The Balaban J connectivity index is 2.17. The molecule has 0 spiro atoms. The van der Waals surface area contributed by atoms with Gasteiger partial charge in [0.1, 0.15) is 30.6 Å². The minimum atomic E-state index is -4.76. The molecule has 2 aromatic rings. The molecule has 0 unspecified atom stereocenters. The van der Waals surface area contributed by atoms with Crippen molar-refractivity contribution in [3.8, 4) is 11.8 Å². The van der Waals surface area contributed by atoms with Gasteiger partial charge in [0.05, 0.1) is 24.0 Å². The lowest BCUT2D eigenvalue weighted by molar-refractivity contribution is -0.210. The third-order valence-electron chi connectivity index (χ3n) is 4.72. The quantitative estimate of drug-likeness (QED) is 0.126. The molecule has 0 saturated heterocycles. The van der Waals surface area contributed by atoms with Crippen LogP contribution >= 0.6 is 7.82 Å². The molecular formula is C24H34FN4O11P. The number of rotatable bonds is 15. The van der Waals surface area contributed by atoms with E-state index in [1.54, 1.807) is 40.0 Å². The van der Waals surface area contributed by atoms with Gasteiger partial charge >= 0.3 is 20.1 Å². The molecule has 2 heterocycles. The van der Waals surface area contributed by atoms with Crippen LogP contribution in [-0.4, -0.2) is 65.1 Å². The molecule has 0 aliphatic carbocycles. The maximum atomic E-state index is 16.1. The zero-order valence-electron chi connectivity index (χ0n) is 23.5. The number of ether oxygens (including phenoxy) is 5. The van der Waals surface area contributed by atoms with Gasteiger partial charge in [0, 0.05) is 6.20 Å². The maximum Gasteiger partial charge on any atom is 0.510 e. The van der Waals surface area contributed by atoms with E-state index in [2.05, 4.69) is 31.3 Å². The Morgan fingerprint density at radius 3 is 2.17 bits per heavy atom. The normalized spacial score (nSPS) is 13.8. The lowest BCUT2D eigenvalue weighted by Crippen LogP contribution is -2.35. The average Bonchev–Trinajstić information content (AvgIpc) is 3.31. The van der Waals surface area contributed by atoms with Crippen molar-refractivity contribution >= 4 is 37.0 Å². The summed E-state index contributed by atoms with van der Waals surface area (Å²) in [6, 6.07) is 1.64. The molecule has 15 nitrogen and oxygen atoms in total. The highest BCUT2D eigenvalue weighted by molar-refractivity contribution is 7.48. The van der Waals surface area contributed by atoms with Crippen LogP contribution in [0, 0.1) is 11.8 Å². The smallest absolute Gasteiger partial charge is 0.432 e. The molecule has 2 atom stereocenters. The molecule has 0 aliphatic rings. The summed E-state index contributed by atoms with van der Waals surface area (Å²) in [7, 11) is -4.76. The number of hydrogen-bond donors (Lipinski definition) is 1. The Bertz CT molecular complexity index is 1250. The number of fused-ring (bicyclic) bond motifs is 1. The van der Waals surface area contributed by atoms with E-state index in [1.165, 1.54) is 24.7 Å². The van der Waals surface area contributed by atoms with Crippen LogP contribution in [0.25, 0.3) is 11.0 Å². The predicted molar refractivity (Wildman–Crippen MR) is 141 cm³/mol. The highest BCUT2D eigenvalue weighted by Gasteiger charge is 2.39. The van der Waals surface area contributed by atoms with Crippen molar-refractivity contribution in [2.24, 2.45) is 0 Å². The molecule has 0 radical (unpaired) electrons. The second-order valence-electron chi connectivity index (χ2n) is 8.76. The molecule has 0 aromatic carbocycles. The first-order valence-corrected chi connectivity index (χ1v) is 13.8. The van der Waals surface area contributed by atoms with Gasteiger partial charge < -0.3 is 34.0 Å². The minimum Gasteiger partial charge on any atom is -0.432 e. The maximum absolute atomic E-state index is 16.1. The fraction of sp³-hybridized carbons (Fsp3) is 0.583. The Kier molecular flexibility index (Phi) is 12.8. The van der Waals surface area contributed by atoms with Crippen molar-refractivity contribution in [2.75, 3.05) is 25.9 Å². The summed E-state index contributed by atoms with van der Waals surface area (Å²) >= 11 is 0. The zero-order valence-corrected chi connectivity index (χ0v) is 24.4. The van der Waals surface area contributed by atoms with Gasteiger partial charge in [0.25, 0.3) is 0 Å². The lowest BCUT2D eigenvalue weighted by Gasteiger charge is -2.29. The van der Waals surface area contributed by atoms with E-state index in [4.69, 9.17) is 33.5 Å². The second kappa shape index (κ2) is 15.5. The fourth-order valence-corrected chi connectivity index (χ4v) is 3.95. The SMILES string of the molecule is CC#CC[C@@](F)(COP(=O)(OCOC(=O)OC(C)C)OCOC(=O)OC(C)C)O[C@H](C)n1ccc2c(N)ncnc21. The number of aromatic nitrogens is 3. The highest BCUT2D eigenvalue weighted by atomic mass is 31.2. The van der Waals surface area contributed by atoms with Crippen LogP contribution in [0.15, 0.2) is 18.6 Å². The van der Waals surface area contributed by atoms with Gasteiger partial charge in [0.15, 0.2) is 0 Å². The van der Waals surface area contributed by atoms with Crippen LogP contribution in [0.3, 0.4) is 0 Å². The number of phosphoric acid groups is 1. The monoisotopic (exact) mass is 604 g/mol. The molecule has 17 heteroatoms. The van der Waals surface area contributed by atoms with Gasteiger partial charge in [0.2, 0.25) is 19.4 Å². The third kappa shape index (κ3) is 11.1. The van der Waals surface area contributed by atoms with E-state index >= 15 is 4.39 Å². The summed E-state index contributed by atoms with van der Waals surface area (Å²) in [5, 5.41) is 0.523. The molecule has 0 saturated carbocycles. The van der Waals surface area contributed by atoms with Crippen molar-refractivity contribution in [1.82, 2.24) is 14.5 Å². The van der Waals surface area contributed by atoms with Crippen LogP contribution in [0.5, 0.6) is 0 Å². The molecule has 0 amide bonds. The number of nitrogens with zero attached hydrogens (tertiary/aromatic N) is 3. The molecule has 2 aromatic heterocycles. The summed E-state index contributed by atoms with van der Waals surface area (Å²) in [4.78, 5) is 31.3. The number of alkyl halides is 1. The molecule has 0 aliphatic heterocycles. The van der Waals surface area contributed by atoms with Crippen molar-refractivity contribution in [3.63, 3.8) is 0 Å². The van der Waals surface area contributed by atoms with E-state index in [9.17, 15) is 14.2 Å². The molecule has 228 valence electrons. The van der Waals surface area contributed by atoms with E-state index in [-0.39, 0.29) is 5.82 Å². The van der Waals surface area contributed by atoms with Gasteiger partial charge in [-0.15, -0.1) is 5.92 Å². The largest absolute Gasteiger partial charge is 0.510 e. The summed E-state index contributed by atoms with van der Waals surface area (Å²) in [6.07, 6.45) is -1.97. The Morgan fingerprint density at radius 2 is 1.63 bits per heavy atom. The Hall–Kier alpha value is -3.48. The van der Waals surface area contributed by atoms with Gasteiger partial charge in [-0.1, -0.05) is 5.92 Å². The molecule has 2 rings (SSSR count). The molecule has 2 N–H and O–H groups in total. The first kappa shape index (κ1) is 33.7. The number of phosphoric ester groups is 1. The van der Waals surface area contributed by atoms with E-state index in [1.807, 2.05) is 0 Å². The number of anilines is 1. The van der Waals surface area contributed by atoms with Gasteiger partial charge in [-0.3, -0.25) is 4.52 Å². The van der Waals surface area contributed by atoms with E-state index in [0.29, 0.717) is 11.0 Å². The summed E-state index contributed by atoms with van der Waals surface area (Å²) in [5.41, 5.74) is 6.25. The summed E-state index contributed by atoms with van der Waals surface area (Å²) in [6.45, 7) is 6.34. The van der Waals surface area contributed by atoms with Crippen LogP contribution < -0.4 is 5.73 Å². The number of nitrogen functional groups attached to an aromatic ring is 1. The Labute approximate surface area is 236 Å². The lowest BCUT2D eigenvalue weighted by atomic mass is 10.2. The minimum absolute atomic E-state index is 0.224. The Morgan fingerprint density at radius 1 is 1.05 bits per heavy atom. The fourth-order valence-electron chi connectivity index (χ4n) is 3.01. The van der Waals surface area contributed by atoms with Crippen LogP contribution in [-0.2, 0) is 41.8 Å². The summed E-state index contributed by atoms with van der Waals surface area (Å²) < 4.78 is 70.4. The third-order valence-corrected chi connectivity index (χ3v) is 6.01. The second-order valence-corrected chi connectivity index (χ2v) is 10.4. The number of carbonyl (C=O) groups is 2. The topological polar surface area (TPSA) is 182 Å². The first-order valence-electron chi connectivity index (χ1n) is 12.3. The van der Waals surface area contributed by atoms with E-state index in [0.717, 1.165) is 0 Å². The van der Waals surface area contributed by atoms with Crippen LogP contribution in [0.1, 0.15) is 54.2 Å². The zero-order chi connectivity index (χ0) is 30.6. The standard InChI is InChI=1S/C24H34FN4O11P/c1-7-8-10-24(25,40-18(6)29-11-9-19-20(26)27-13-28-21(19)29)12-35-41(32,36-14-33-22(30)38-16(2)3)37-15-34-23(31)39-17(4)5/h9,11,13,16-18H,10,12,14-15H2,1-6H3,(H2,26,27,28)/t18-,24+/m1/s1. The van der Waals surface area contributed by atoms with Crippen molar-refractivity contribution in [1.29, 1.82) is 0 Å². The number of nitrogens with two attached hydrogens (primary N) is 1. The first-order chi connectivity index (χ1) is 19.3. The highest BCUT2D eigenvalue weighted by Crippen LogP contribution is 2.50. The van der Waals surface area contributed by atoms with Crippen LogP contribution in [0.4, 0.5) is 19.8 Å². The van der Waals surface area contributed by atoms with Crippen molar-refractivity contribution in [2.45, 2.75) is 72.3 Å². The van der Waals surface area contributed by atoms with Crippen LogP contribution in [0.2, 0.25) is 0 Å². The molecular weight excluding hydrogens is 570 g/mol. The van der Waals surface area contributed by atoms with Gasteiger partial charge in [-0.05, 0) is 47.6 Å². The average molecular weight is 605 g/mol. The van der Waals surface area contributed by atoms with E-state index < -0.39 is 71.0 Å². The number of hydrogen-bond acceptors (Lipinski definition) is 14. The predicted octanol–water partition coefficient (Wildman–Crippen LogP) is 4.82. The number of halogens is 1.